The fraction of sp³-hybridized carbons (Fsp3) is 0.462. The first-order chi connectivity index (χ1) is 8.67. The van der Waals surface area contributed by atoms with Crippen molar-refractivity contribution in [3.05, 3.63) is 29.8 Å². The Hall–Kier alpha value is -1.59. The summed E-state index contributed by atoms with van der Waals surface area (Å²) in [7, 11) is 3.49. The molecular weight excluding hydrogens is 230 g/mol. The van der Waals surface area contributed by atoms with Crippen molar-refractivity contribution in [2.24, 2.45) is 5.73 Å². The second kappa shape index (κ2) is 7.68. The molecule has 100 valence electrons. The van der Waals surface area contributed by atoms with Gasteiger partial charge in [-0.25, -0.2) is 0 Å². The zero-order valence-corrected chi connectivity index (χ0v) is 11.0. The van der Waals surface area contributed by atoms with Crippen LogP contribution in [0.15, 0.2) is 24.3 Å². The normalized spacial score (nSPS) is 10.2. The number of methoxy groups -OCH3 is 1. The van der Waals surface area contributed by atoms with E-state index in [4.69, 9.17) is 10.5 Å². The third-order valence-electron chi connectivity index (χ3n) is 2.60. The maximum absolute atomic E-state index is 11.6. The average Bonchev–Trinajstić information content (AvgIpc) is 2.39. The predicted molar refractivity (Wildman–Crippen MR) is 72.5 cm³/mol. The summed E-state index contributed by atoms with van der Waals surface area (Å²) in [4.78, 5) is 13.5. The van der Waals surface area contributed by atoms with Crippen molar-refractivity contribution in [3.63, 3.8) is 0 Å². The third-order valence-corrected chi connectivity index (χ3v) is 2.60. The number of amides is 1. The average molecular weight is 251 g/mol. The van der Waals surface area contributed by atoms with Gasteiger partial charge in [0.05, 0.1) is 13.2 Å². The number of rotatable bonds is 7. The number of nitrogens with zero attached hydrogens (tertiary/aromatic N) is 1. The molecule has 0 fully saturated rings. The lowest BCUT2D eigenvalue weighted by Crippen LogP contribution is -2.36. The largest absolute Gasteiger partial charge is 0.383 e. The number of likely N-dealkylation sites (N-methyl/N-ethyl adjacent to an activating group) is 1. The van der Waals surface area contributed by atoms with Gasteiger partial charge in [-0.3, -0.25) is 4.79 Å². The zero-order valence-electron chi connectivity index (χ0n) is 11.0. The Morgan fingerprint density at radius 1 is 1.50 bits per heavy atom. The Balaban J connectivity index is 2.48. The Morgan fingerprint density at radius 2 is 2.28 bits per heavy atom. The molecule has 0 spiro atoms. The first-order valence-corrected chi connectivity index (χ1v) is 5.93. The van der Waals surface area contributed by atoms with E-state index in [2.05, 4.69) is 5.32 Å². The lowest BCUT2D eigenvalue weighted by molar-refractivity contribution is -0.119. The minimum atomic E-state index is -0.0206. The van der Waals surface area contributed by atoms with Gasteiger partial charge in [-0.05, 0) is 17.7 Å². The number of nitrogens with one attached hydrogen (secondary N) is 1. The topological polar surface area (TPSA) is 67.6 Å². The molecule has 0 saturated carbocycles. The minimum Gasteiger partial charge on any atom is -0.383 e. The summed E-state index contributed by atoms with van der Waals surface area (Å²) in [6.45, 7) is 1.88. The van der Waals surface area contributed by atoms with Crippen LogP contribution in [-0.2, 0) is 16.1 Å². The zero-order chi connectivity index (χ0) is 13.4. The molecule has 0 aliphatic carbocycles. The molecule has 0 radical (unpaired) electrons. The molecule has 0 aromatic heterocycles. The van der Waals surface area contributed by atoms with Crippen LogP contribution in [0.3, 0.4) is 0 Å². The molecule has 1 aromatic rings. The van der Waals surface area contributed by atoms with Gasteiger partial charge in [0.15, 0.2) is 0 Å². The molecule has 0 bridgehead atoms. The Kier molecular flexibility index (Phi) is 6.18. The van der Waals surface area contributed by atoms with Crippen LogP contribution < -0.4 is 16.0 Å². The van der Waals surface area contributed by atoms with Crippen molar-refractivity contribution in [3.8, 4) is 0 Å². The number of hydrogen-bond donors (Lipinski definition) is 2. The van der Waals surface area contributed by atoms with Crippen molar-refractivity contribution < 1.29 is 9.53 Å². The number of benzene rings is 1. The molecule has 0 aliphatic heterocycles. The lowest BCUT2D eigenvalue weighted by Gasteiger charge is -2.19. The van der Waals surface area contributed by atoms with Crippen molar-refractivity contribution in [2.45, 2.75) is 6.54 Å². The van der Waals surface area contributed by atoms with E-state index in [1.54, 1.807) is 7.11 Å². The quantitative estimate of drug-likeness (QED) is 0.686. The minimum absolute atomic E-state index is 0.0206. The van der Waals surface area contributed by atoms with Crippen LogP contribution in [0, 0.1) is 0 Å². The lowest BCUT2D eigenvalue weighted by atomic mass is 10.2. The molecule has 5 nitrogen and oxygen atoms in total. The van der Waals surface area contributed by atoms with Crippen LogP contribution >= 0.6 is 0 Å². The number of carbonyl (C=O) groups is 1. The summed E-state index contributed by atoms with van der Waals surface area (Å²) in [5.41, 5.74) is 7.63. The number of carbonyl (C=O) groups excluding carboxylic acids is 1. The highest BCUT2D eigenvalue weighted by Crippen LogP contribution is 2.13. The van der Waals surface area contributed by atoms with E-state index in [1.165, 1.54) is 0 Å². The molecule has 18 heavy (non-hydrogen) atoms. The van der Waals surface area contributed by atoms with E-state index in [9.17, 15) is 4.79 Å². The van der Waals surface area contributed by atoms with Crippen LogP contribution in [-0.4, -0.2) is 39.8 Å². The van der Waals surface area contributed by atoms with E-state index in [0.717, 1.165) is 11.3 Å². The summed E-state index contributed by atoms with van der Waals surface area (Å²) < 4.78 is 4.87. The second-order valence-electron chi connectivity index (χ2n) is 4.07. The van der Waals surface area contributed by atoms with Gasteiger partial charge in [0.1, 0.15) is 0 Å². The second-order valence-corrected chi connectivity index (χ2v) is 4.07. The van der Waals surface area contributed by atoms with Gasteiger partial charge >= 0.3 is 0 Å². The van der Waals surface area contributed by atoms with Gasteiger partial charge in [0.25, 0.3) is 0 Å². The van der Waals surface area contributed by atoms with E-state index >= 15 is 0 Å². The molecule has 0 saturated heterocycles. The molecule has 0 heterocycles. The van der Waals surface area contributed by atoms with Crippen LogP contribution in [0.2, 0.25) is 0 Å². The number of hydrogen-bond acceptors (Lipinski definition) is 4. The van der Waals surface area contributed by atoms with Gasteiger partial charge in [-0.2, -0.15) is 0 Å². The van der Waals surface area contributed by atoms with Gasteiger partial charge in [-0.15, -0.1) is 0 Å². The summed E-state index contributed by atoms with van der Waals surface area (Å²) in [5, 5.41) is 2.78. The molecule has 0 unspecified atom stereocenters. The third kappa shape index (κ3) is 4.73. The summed E-state index contributed by atoms with van der Waals surface area (Å²) in [5.74, 6) is -0.0206. The molecule has 0 atom stereocenters. The van der Waals surface area contributed by atoms with Crippen LogP contribution in [0.4, 0.5) is 5.69 Å². The van der Waals surface area contributed by atoms with Gasteiger partial charge < -0.3 is 20.7 Å². The Morgan fingerprint density at radius 3 is 2.94 bits per heavy atom. The number of nitrogens with two attached hydrogens (primary N) is 1. The first-order valence-electron chi connectivity index (χ1n) is 5.93. The molecule has 0 aliphatic rings. The maximum Gasteiger partial charge on any atom is 0.239 e. The number of anilines is 1. The van der Waals surface area contributed by atoms with Crippen LogP contribution in [0.1, 0.15) is 5.56 Å². The van der Waals surface area contributed by atoms with Gasteiger partial charge in [-0.1, -0.05) is 12.1 Å². The molecule has 1 amide bonds. The van der Waals surface area contributed by atoms with Crippen molar-refractivity contribution in [1.29, 1.82) is 0 Å². The molecular formula is C13H21N3O2. The fourth-order valence-electron chi connectivity index (χ4n) is 1.58. The predicted octanol–water partition coefficient (Wildman–Crippen LogP) is 0.344. The molecule has 5 heteroatoms. The van der Waals surface area contributed by atoms with Gasteiger partial charge in [0.2, 0.25) is 5.91 Å². The van der Waals surface area contributed by atoms with Gasteiger partial charge in [0, 0.05) is 32.9 Å². The highest BCUT2D eigenvalue weighted by atomic mass is 16.5. The van der Waals surface area contributed by atoms with E-state index in [1.807, 2.05) is 36.2 Å². The van der Waals surface area contributed by atoms with Crippen molar-refractivity contribution >= 4 is 11.6 Å². The smallest absolute Gasteiger partial charge is 0.239 e. The summed E-state index contributed by atoms with van der Waals surface area (Å²) >= 11 is 0. The Bertz CT molecular complexity index is 382. The van der Waals surface area contributed by atoms with Crippen LogP contribution in [0.25, 0.3) is 0 Å². The highest BCUT2D eigenvalue weighted by molar-refractivity contribution is 5.81. The molecule has 1 aromatic carbocycles. The summed E-state index contributed by atoms with van der Waals surface area (Å²) in [6.07, 6.45) is 0. The van der Waals surface area contributed by atoms with E-state index in [0.29, 0.717) is 26.2 Å². The van der Waals surface area contributed by atoms with Crippen molar-refractivity contribution in [2.75, 3.05) is 38.8 Å². The standard InChI is InChI=1S/C13H21N3O2/c1-16(10-13(17)15-6-7-18-2)12-5-3-4-11(8-12)9-14/h3-5,8H,6-7,9-10,14H2,1-2H3,(H,15,17). The first kappa shape index (κ1) is 14.5. The highest BCUT2D eigenvalue weighted by Gasteiger charge is 2.07. The Labute approximate surface area is 108 Å². The monoisotopic (exact) mass is 251 g/mol. The van der Waals surface area contributed by atoms with E-state index < -0.39 is 0 Å². The maximum atomic E-state index is 11.6. The SMILES string of the molecule is COCCNC(=O)CN(C)c1cccc(CN)c1. The van der Waals surface area contributed by atoms with Crippen molar-refractivity contribution in [1.82, 2.24) is 5.32 Å². The number of ether oxygens (including phenoxy) is 1. The van der Waals surface area contributed by atoms with Crippen LogP contribution in [0.5, 0.6) is 0 Å². The summed E-state index contributed by atoms with van der Waals surface area (Å²) in [6, 6.07) is 7.86. The molecule has 1 rings (SSSR count). The molecule has 3 N–H and O–H groups in total. The van der Waals surface area contributed by atoms with E-state index in [-0.39, 0.29) is 5.91 Å². The fourth-order valence-corrected chi connectivity index (χ4v) is 1.58.